The number of aromatic nitrogens is 16. The largest absolute Gasteiger partial charge is 0.423 e. The van der Waals surface area contributed by atoms with Crippen LogP contribution in [0.4, 0.5) is 63.6 Å². The summed E-state index contributed by atoms with van der Waals surface area (Å²) in [5.74, 6) is 4.25. The first kappa shape index (κ1) is 81.5. The van der Waals surface area contributed by atoms with Gasteiger partial charge in [0.2, 0.25) is 0 Å². The van der Waals surface area contributed by atoms with Crippen LogP contribution in [0.15, 0.2) is 116 Å². The maximum atomic E-state index is 15.1. The topological polar surface area (TPSA) is 420 Å². The number of piperidine rings is 1. The van der Waals surface area contributed by atoms with Crippen molar-refractivity contribution in [3.8, 4) is 47.0 Å². The number of hydrogen-bond donors (Lipinski definition) is 12. The number of benzene rings is 4. The molecule has 128 heavy (non-hydrogen) atoms. The highest BCUT2D eigenvalue weighted by Crippen LogP contribution is 2.55. The number of ether oxygens (including phenoxy) is 4. The molecule has 37 heteroatoms. The smallest absolute Gasteiger partial charge is 0.326 e. The van der Waals surface area contributed by atoms with Crippen LogP contribution in [0, 0.1) is 85.5 Å². The van der Waals surface area contributed by atoms with Crippen molar-refractivity contribution in [1.82, 2.24) is 79.7 Å². The molecule has 0 radical (unpaired) electrons. The maximum absolute atomic E-state index is 15.1. The van der Waals surface area contributed by atoms with E-state index < -0.39 is 23.3 Å². The minimum atomic E-state index is -0.686. The zero-order valence-electron chi connectivity index (χ0n) is 71.3. The Labute approximate surface area is 734 Å². The molecule has 12 aromatic heterocycles. The summed E-state index contributed by atoms with van der Waals surface area (Å²) in [5.41, 5.74) is 36.1. The lowest BCUT2D eigenvalue weighted by atomic mass is 9.60. The third kappa shape index (κ3) is 14.3. The molecule has 5 unspecified atom stereocenters. The first-order valence-corrected chi connectivity index (χ1v) is 43.2. The van der Waals surface area contributed by atoms with Gasteiger partial charge in [-0.2, -0.15) is 39.9 Å². The van der Waals surface area contributed by atoms with Gasteiger partial charge in [0.25, 0.3) is 0 Å². The molecule has 16 N–H and O–H groups in total. The van der Waals surface area contributed by atoms with Crippen LogP contribution in [-0.4, -0.2) is 184 Å². The van der Waals surface area contributed by atoms with Gasteiger partial charge in [0.1, 0.15) is 80.5 Å². The lowest BCUT2D eigenvalue weighted by molar-refractivity contribution is 0.0559. The molecule has 16 aromatic rings. The van der Waals surface area contributed by atoms with E-state index in [4.69, 9.17) is 68.4 Å². The van der Waals surface area contributed by atoms with Gasteiger partial charge in [-0.1, -0.05) is 11.6 Å². The normalized spacial score (nSPS) is 21.4. The zero-order valence-corrected chi connectivity index (χ0v) is 72.0. The third-order valence-corrected chi connectivity index (χ3v) is 27.2. The molecule has 4 saturated carbocycles. The number of nitrogens with two attached hydrogens (primary N) is 4. The molecule has 0 amide bonds. The van der Waals surface area contributed by atoms with E-state index in [1.54, 1.807) is 57.2 Å². The molecule has 4 aromatic carbocycles. The van der Waals surface area contributed by atoms with E-state index in [1.807, 2.05) is 83.4 Å². The SMILES string of the molecule is CNc1c(F)cc(F)c2c1[nH]c1nc(Oc3ccc(C)nc3)nc(N3CC4(CCC4N)C3)c12.CNc1c(F)cc(F)c2c1[nH]c1nc(Oc3ccc(C)nc3)nc(N3CC4C[C@H](N)C4C3)c12.CNc1cc(C)cc2c1[nH]c1nc(Oc3ccc(C)nc3)nc(N3CC4C(N)C4C3)c12.CNc1cc(Cl)cc2c1[nH]c1nc(Oc3cccnc3)nc(N3CC[C@]4(C[C@@H]4N)C3)c12. The summed E-state index contributed by atoms with van der Waals surface area (Å²) in [6.07, 6.45) is 13.4. The van der Waals surface area contributed by atoms with Crippen molar-refractivity contribution < 1.29 is 36.5 Å². The van der Waals surface area contributed by atoms with Gasteiger partial charge >= 0.3 is 24.0 Å². The number of fused-ring (bicyclic) bond motifs is 14. The predicted octanol–water partition coefficient (Wildman–Crippen LogP) is 14.8. The molecular weight excluding hydrogens is 1660 g/mol. The fraction of sp³-hybridized carbons (Fsp3) is 0.341. The number of rotatable bonds is 16. The standard InChI is InChI=1S/2C23H23F2N7O.C23H25N7O.C22H22ClN7O/c1-10-3-4-12(7-28-10)33-23-30-21-18(17-14(24)6-15(25)19(27-2)20(17)29-21)22(31-23)32-8-11-5-16(26)13(11)9-32;1-11-3-4-12(8-28-11)33-22-30-20-17(16-13(24)7-14(25)18(27-2)19(16)29-20)21(31-22)32-9-23(10-32)6-5-15(23)26;1-11-6-14-18-21(27-20(14)17(7-11)25-3)28-23(31-13-5-4-12(2)26-8-13)29-22(18)30-9-15-16(10-30)19(15)24;1-25-15-8-12(23)7-14-17-19(27-18(14)15)28-21(31-13-3-2-5-26-10-13)29-20(17)30-6-4-22(11-30)9-16(22)24/h3-4,6-7,11,13,16,27H,5,8-9,26H2,1-2H3,(H,29,30,31);3-4,7-8,15,27H,5-6,9-10,26H2,1-2H3,(H,29,30,31);4-8,15-16,19,25H,9-10,24H2,1-3H3,(H,27,28,29);2-3,5,7-8,10,16,25H,4,6,9,11,24H2,1H3,(H,27,28,29)/t11?,13?,16-;;;16-,22-/m0..0/s1. The van der Waals surface area contributed by atoms with Crippen molar-refractivity contribution in [2.45, 2.75) is 84.0 Å². The fourth-order valence-electron chi connectivity index (χ4n) is 19.7. The third-order valence-electron chi connectivity index (χ3n) is 27.0. The predicted molar refractivity (Wildman–Crippen MR) is 487 cm³/mol. The second kappa shape index (κ2) is 31.5. The lowest BCUT2D eigenvalue weighted by Crippen LogP contribution is -2.69. The van der Waals surface area contributed by atoms with Crippen molar-refractivity contribution in [2.24, 2.45) is 57.4 Å². The van der Waals surface area contributed by atoms with Crippen molar-refractivity contribution in [1.29, 1.82) is 0 Å². The van der Waals surface area contributed by atoms with E-state index in [2.05, 4.69) is 125 Å². The molecule has 4 aliphatic carbocycles. The monoisotopic (exact) mass is 1750 g/mol. The summed E-state index contributed by atoms with van der Waals surface area (Å²) in [6.45, 7) is 14.4. The average molecular weight is 1750 g/mol. The summed E-state index contributed by atoms with van der Waals surface area (Å²) in [5, 5.41) is 18.3. The van der Waals surface area contributed by atoms with E-state index in [-0.39, 0.29) is 69.1 Å². The van der Waals surface area contributed by atoms with Crippen LogP contribution in [0.5, 0.6) is 47.0 Å². The Morgan fingerprint density at radius 1 is 0.445 bits per heavy atom. The molecule has 656 valence electrons. The minimum Gasteiger partial charge on any atom is -0.423 e. The van der Waals surface area contributed by atoms with E-state index in [1.165, 1.54) is 5.56 Å². The highest BCUT2D eigenvalue weighted by atomic mass is 35.5. The van der Waals surface area contributed by atoms with Gasteiger partial charge in [0.15, 0.2) is 11.6 Å². The summed E-state index contributed by atoms with van der Waals surface area (Å²) >= 11 is 6.43. The number of nitrogens with one attached hydrogen (secondary N) is 8. The molecule has 8 atom stereocenters. The van der Waals surface area contributed by atoms with Gasteiger partial charge in [0, 0.05) is 167 Å². The van der Waals surface area contributed by atoms with E-state index in [9.17, 15) is 8.78 Å². The van der Waals surface area contributed by atoms with Crippen molar-refractivity contribution in [3.05, 3.63) is 167 Å². The molecule has 8 aliphatic rings. The van der Waals surface area contributed by atoms with Crippen LogP contribution in [0.1, 0.15) is 54.7 Å². The minimum absolute atomic E-state index is 0.0755. The molecule has 2 spiro atoms. The van der Waals surface area contributed by atoms with Gasteiger partial charge in [-0.05, 0) is 162 Å². The Bertz CT molecular complexity index is 7070. The zero-order chi connectivity index (χ0) is 88.2. The number of pyridine rings is 4. The van der Waals surface area contributed by atoms with Gasteiger partial charge in [-0.3, -0.25) is 19.9 Å². The summed E-state index contributed by atoms with van der Waals surface area (Å²) in [4.78, 5) is 76.2. The van der Waals surface area contributed by atoms with Gasteiger partial charge < -0.3 is 103 Å². The summed E-state index contributed by atoms with van der Waals surface area (Å²) in [6, 6.07) is 26.3. The lowest BCUT2D eigenvalue weighted by Gasteiger charge is -2.60. The molecule has 4 aliphatic heterocycles. The summed E-state index contributed by atoms with van der Waals surface area (Å²) in [7, 11) is 6.98. The van der Waals surface area contributed by atoms with Crippen LogP contribution >= 0.6 is 11.6 Å². The average Bonchev–Trinajstić information content (AvgIpc) is 1.02. The number of hydrogen-bond acceptors (Lipinski definition) is 28. The molecule has 16 heterocycles. The number of halogens is 5. The highest BCUT2D eigenvalue weighted by Gasteiger charge is 2.57. The Kier molecular flexibility index (Phi) is 20.0. The van der Waals surface area contributed by atoms with Crippen LogP contribution in [0.25, 0.3) is 87.7 Å². The summed E-state index contributed by atoms with van der Waals surface area (Å²) < 4.78 is 82.8. The number of nitrogens with zero attached hydrogens (tertiary/aromatic N) is 16. The van der Waals surface area contributed by atoms with Crippen LogP contribution < -0.4 is 82.7 Å². The Hall–Kier alpha value is -13.6. The molecule has 32 nitrogen and oxygen atoms in total. The second-order valence-electron chi connectivity index (χ2n) is 35.0. The van der Waals surface area contributed by atoms with Crippen molar-refractivity contribution >= 4 is 145 Å². The Morgan fingerprint density at radius 3 is 1.32 bits per heavy atom. The van der Waals surface area contributed by atoms with E-state index in [0.717, 1.165) is 175 Å². The Balaban J connectivity index is 0.000000104. The van der Waals surface area contributed by atoms with Crippen molar-refractivity contribution in [3.63, 3.8) is 0 Å². The van der Waals surface area contributed by atoms with Crippen LogP contribution in [-0.2, 0) is 0 Å². The first-order valence-electron chi connectivity index (χ1n) is 42.8. The fourth-order valence-corrected chi connectivity index (χ4v) is 19.9. The molecule has 0 bridgehead atoms. The number of aryl methyl sites for hydroxylation is 4. The first-order chi connectivity index (χ1) is 61.9. The van der Waals surface area contributed by atoms with Gasteiger partial charge in [-0.25, -0.2) is 17.6 Å². The van der Waals surface area contributed by atoms with Gasteiger partial charge in [0.05, 0.1) is 102 Å². The van der Waals surface area contributed by atoms with Gasteiger partial charge in [-0.15, -0.1) is 0 Å². The van der Waals surface area contributed by atoms with E-state index >= 15 is 8.78 Å². The number of anilines is 8. The maximum Gasteiger partial charge on any atom is 0.326 e. The highest BCUT2D eigenvalue weighted by molar-refractivity contribution is 6.33. The van der Waals surface area contributed by atoms with Crippen molar-refractivity contribution in [2.75, 3.05) is 121 Å². The molecule has 4 saturated heterocycles. The molecule has 8 fully saturated rings. The van der Waals surface area contributed by atoms with Crippen LogP contribution in [0.3, 0.4) is 0 Å². The Morgan fingerprint density at radius 2 is 0.891 bits per heavy atom. The second-order valence-corrected chi connectivity index (χ2v) is 35.4. The molecular formula is C91H93ClF4N28O4. The quantitative estimate of drug-likeness (QED) is 0.0400. The number of aromatic amines is 4. The molecule has 24 rings (SSSR count). The van der Waals surface area contributed by atoms with Crippen LogP contribution in [0.2, 0.25) is 5.02 Å². The van der Waals surface area contributed by atoms with E-state index in [0.29, 0.717) is 114 Å². The number of H-pyrrole nitrogens is 4.